The number of nitro groups is 1. The van der Waals surface area contributed by atoms with Crippen molar-refractivity contribution >= 4 is 27.5 Å². The van der Waals surface area contributed by atoms with Crippen LogP contribution < -0.4 is 10.5 Å². The number of ether oxygens (including phenoxy) is 1. The molecule has 0 aliphatic carbocycles. The highest BCUT2D eigenvalue weighted by Gasteiger charge is 2.34. The summed E-state index contributed by atoms with van der Waals surface area (Å²) in [5, 5.41) is 28.1. The van der Waals surface area contributed by atoms with Gasteiger partial charge in [-0.25, -0.2) is 18.4 Å². The van der Waals surface area contributed by atoms with Crippen molar-refractivity contribution in [3.8, 4) is 0 Å². The summed E-state index contributed by atoms with van der Waals surface area (Å²) in [6, 6.07) is 3.25. The summed E-state index contributed by atoms with van der Waals surface area (Å²) >= 11 is 0. The number of carbonyl (C=O) groups is 1. The first-order chi connectivity index (χ1) is 11.5. The number of nitrogens with one attached hydrogen (secondary N) is 1. The number of primary sulfonamides is 1. The Morgan fingerprint density at radius 1 is 1.56 bits per heavy atom. The first kappa shape index (κ1) is 18.9. The number of anilines is 1. The van der Waals surface area contributed by atoms with Crippen LogP contribution in [0.4, 0.5) is 16.2 Å². The monoisotopic (exact) mass is 374 g/mol. The van der Waals surface area contributed by atoms with E-state index in [1.807, 2.05) is 0 Å². The fraction of sp³-hybridized carbons (Fsp3) is 0.462. The maximum Gasteiger partial charge on any atom is 0.407 e. The van der Waals surface area contributed by atoms with Crippen molar-refractivity contribution in [3.63, 3.8) is 0 Å². The maximum absolute atomic E-state index is 11.3. The average molecular weight is 374 g/mol. The van der Waals surface area contributed by atoms with Crippen LogP contribution in [0.15, 0.2) is 23.1 Å². The van der Waals surface area contributed by atoms with Gasteiger partial charge in [-0.1, -0.05) is 0 Å². The number of benzene rings is 1. The number of amides is 1. The number of nitrogens with two attached hydrogens (primary N) is 1. The van der Waals surface area contributed by atoms with E-state index in [-0.39, 0.29) is 36.8 Å². The fourth-order valence-electron chi connectivity index (χ4n) is 2.47. The van der Waals surface area contributed by atoms with Crippen molar-refractivity contribution in [2.24, 2.45) is 5.14 Å². The summed E-state index contributed by atoms with van der Waals surface area (Å²) in [7, 11) is -4.07. The highest BCUT2D eigenvalue weighted by atomic mass is 32.2. The number of carboxylic acid groups (broad SMARTS) is 1. The maximum atomic E-state index is 11.3. The summed E-state index contributed by atoms with van der Waals surface area (Å²) < 4.78 is 28.3. The molecule has 0 saturated carbocycles. The second-order valence-corrected chi connectivity index (χ2v) is 7.40. The molecule has 138 valence electrons. The van der Waals surface area contributed by atoms with Gasteiger partial charge in [-0.05, 0) is 19.1 Å². The summed E-state index contributed by atoms with van der Waals surface area (Å²) in [4.78, 5) is 22.4. The van der Waals surface area contributed by atoms with E-state index < -0.39 is 32.3 Å². The van der Waals surface area contributed by atoms with E-state index in [9.17, 15) is 23.3 Å². The molecule has 1 fully saturated rings. The lowest BCUT2D eigenvalue weighted by Crippen LogP contribution is -2.54. The topological polar surface area (TPSA) is 165 Å². The molecule has 25 heavy (non-hydrogen) atoms. The minimum Gasteiger partial charge on any atom is -0.465 e. The number of sulfonamides is 1. The summed E-state index contributed by atoms with van der Waals surface area (Å²) in [6.45, 7) is 2.31. The van der Waals surface area contributed by atoms with Crippen molar-refractivity contribution in [1.82, 2.24) is 4.90 Å². The second kappa shape index (κ2) is 6.82. The van der Waals surface area contributed by atoms with Crippen LogP contribution in [0.1, 0.15) is 6.92 Å². The number of morpholine rings is 1. The van der Waals surface area contributed by atoms with Gasteiger partial charge >= 0.3 is 6.09 Å². The van der Waals surface area contributed by atoms with E-state index in [1.165, 1.54) is 11.0 Å². The van der Waals surface area contributed by atoms with Crippen molar-refractivity contribution in [3.05, 3.63) is 28.3 Å². The molecule has 11 nitrogen and oxygen atoms in total. The summed E-state index contributed by atoms with van der Waals surface area (Å²) in [6.07, 6.45) is -1.07. The third-order valence-electron chi connectivity index (χ3n) is 3.75. The predicted octanol–water partition coefficient (Wildman–Crippen LogP) is 0.423. The lowest BCUT2D eigenvalue weighted by Gasteiger charge is -2.39. The average Bonchev–Trinajstić information content (AvgIpc) is 2.51. The van der Waals surface area contributed by atoms with Gasteiger partial charge in [-0.15, -0.1) is 0 Å². The molecule has 1 saturated heterocycles. The zero-order chi connectivity index (χ0) is 18.8. The molecule has 1 heterocycles. The van der Waals surface area contributed by atoms with Gasteiger partial charge in [-0.3, -0.25) is 10.1 Å². The normalized spacial score (nSPS) is 21.0. The van der Waals surface area contributed by atoms with Crippen LogP contribution >= 0.6 is 0 Å². The largest absolute Gasteiger partial charge is 0.465 e. The smallest absolute Gasteiger partial charge is 0.407 e. The van der Waals surface area contributed by atoms with Crippen molar-refractivity contribution in [2.75, 3.05) is 31.6 Å². The van der Waals surface area contributed by atoms with E-state index in [4.69, 9.17) is 15.0 Å². The number of hydrogen-bond donors (Lipinski definition) is 3. The minimum atomic E-state index is -4.07. The molecule has 0 aromatic heterocycles. The molecule has 2 rings (SSSR count). The van der Waals surface area contributed by atoms with Crippen LogP contribution in [0.25, 0.3) is 0 Å². The molecule has 4 N–H and O–H groups in total. The summed E-state index contributed by atoms with van der Waals surface area (Å²) in [5.41, 5.74) is -1.26. The second-order valence-electron chi connectivity index (χ2n) is 5.84. The van der Waals surface area contributed by atoms with Gasteiger partial charge in [0.25, 0.3) is 5.69 Å². The highest BCUT2D eigenvalue weighted by Crippen LogP contribution is 2.28. The number of nitro benzene ring substituents is 1. The van der Waals surface area contributed by atoms with Crippen molar-refractivity contribution in [1.29, 1.82) is 0 Å². The number of hydrogen-bond acceptors (Lipinski definition) is 7. The Kier molecular flexibility index (Phi) is 5.15. The van der Waals surface area contributed by atoms with Crippen LogP contribution in [0, 0.1) is 10.1 Å². The van der Waals surface area contributed by atoms with Gasteiger partial charge in [0.1, 0.15) is 11.3 Å². The molecule has 1 unspecified atom stereocenters. The van der Waals surface area contributed by atoms with E-state index >= 15 is 0 Å². The highest BCUT2D eigenvalue weighted by molar-refractivity contribution is 7.89. The van der Waals surface area contributed by atoms with Gasteiger partial charge in [0.2, 0.25) is 10.0 Å². The molecule has 1 amide bonds. The molecular formula is C13H18N4O7S. The molecule has 0 bridgehead atoms. The Bertz CT molecular complexity index is 798. The molecule has 0 radical (unpaired) electrons. The van der Waals surface area contributed by atoms with Crippen LogP contribution in [-0.4, -0.2) is 61.3 Å². The van der Waals surface area contributed by atoms with Crippen LogP contribution in [0.5, 0.6) is 0 Å². The van der Waals surface area contributed by atoms with Crippen molar-refractivity contribution in [2.45, 2.75) is 17.4 Å². The zero-order valence-electron chi connectivity index (χ0n) is 13.3. The standard InChI is InChI=1S/C13H18N4O7S/c1-13(8-16(12(18)19)4-5-24-13)7-15-10-3-2-9(25(14,22)23)6-11(10)17(20)21/h2-3,6,15H,4-5,7-8H2,1H3,(H,18,19)(H2,14,22,23). The SMILES string of the molecule is CC1(CNc2ccc(S(N)(=O)=O)cc2[N+](=O)[O-])CN(C(=O)O)CCO1. The molecular weight excluding hydrogens is 356 g/mol. The van der Waals surface area contributed by atoms with E-state index in [0.29, 0.717) is 0 Å². The van der Waals surface area contributed by atoms with Gasteiger partial charge in [0.05, 0.1) is 23.0 Å². The first-order valence-corrected chi connectivity index (χ1v) is 8.73. The van der Waals surface area contributed by atoms with Crippen LogP contribution in [-0.2, 0) is 14.8 Å². The Balaban J connectivity index is 2.20. The third kappa shape index (κ3) is 4.55. The predicted molar refractivity (Wildman–Crippen MR) is 86.9 cm³/mol. The first-order valence-electron chi connectivity index (χ1n) is 7.19. The van der Waals surface area contributed by atoms with Crippen molar-refractivity contribution < 1.29 is 28.0 Å². The molecule has 12 heteroatoms. The molecule has 1 atom stereocenters. The van der Waals surface area contributed by atoms with Gasteiger partial charge in [0.15, 0.2) is 0 Å². The zero-order valence-corrected chi connectivity index (χ0v) is 14.2. The van der Waals surface area contributed by atoms with E-state index in [1.54, 1.807) is 6.92 Å². The van der Waals surface area contributed by atoms with Crippen LogP contribution in [0.3, 0.4) is 0 Å². The molecule has 1 aromatic rings. The molecule has 1 aromatic carbocycles. The van der Waals surface area contributed by atoms with Crippen LogP contribution in [0.2, 0.25) is 0 Å². The Labute approximate surface area is 143 Å². The number of rotatable bonds is 5. The Morgan fingerprint density at radius 2 is 2.24 bits per heavy atom. The Hall–Kier alpha value is -2.44. The fourth-order valence-corrected chi connectivity index (χ4v) is 3.01. The molecule has 0 spiro atoms. The Morgan fingerprint density at radius 3 is 2.80 bits per heavy atom. The summed E-state index contributed by atoms with van der Waals surface area (Å²) in [5.74, 6) is 0. The van der Waals surface area contributed by atoms with E-state index in [0.717, 1.165) is 12.1 Å². The molecule has 1 aliphatic rings. The van der Waals surface area contributed by atoms with Gasteiger partial charge in [-0.2, -0.15) is 0 Å². The van der Waals surface area contributed by atoms with Gasteiger partial charge in [0, 0.05) is 19.2 Å². The quantitative estimate of drug-likeness (QED) is 0.493. The molecule has 1 aliphatic heterocycles. The third-order valence-corrected chi connectivity index (χ3v) is 4.67. The lowest BCUT2D eigenvalue weighted by atomic mass is 10.0. The number of nitrogens with zero attached hydrogens (tertiary/aromatic N) is 2. The minimum absolute atomic E-state index is 0.0784. The lowest BCUT2D eigenvalue weighted by molar-refractivity contribution is -0.384. The van der Waals surface area contributed by atoms with Gasteiger partial charge < -0.3 is 20.1 Å². The van der Waals surface area contributed by atoms with E-state index in [2.05, 4.69) is 5.32 Å².